The van der Waals surface area contributed by atoms with Crippen molar-refractivity contribution >= 4 is 17.6 Å². The van der Waals surface area contributed by atoms with E-state index in [2.05, 4.69) is 5.32 Å². The molecule has 26 heavy (non-hydrogen) atoms. The topological polar surface area (TPSA) is 88.4 Å². The molecule has 2 rings (SSSR count). The smallest absolute Gasteiger partial charge is 0.311 e. The number of anilines is 1. The highest BCUT2D eigenvalue weighted by Crippen LogP contribution is 2.18. The predicted octanol–water partition coefficient (Wildman–Crippen LogP) is 2.82. The molecule has 6 nitrogen and oxygen atoms in total. The van der Waals surface area contributed by atoms with Crippen LogP contribution in [0.25, 0.3) is 0 Å². The maximum atomic E-state index is 13.6. The van der Waals surface area contributed by atoms with E-state index in [1.807, 2.05) is 6.07 Å². The molecule has 0 bridgehead atoms. The predicted molar refractivity (Wildman–Crippen MR) is 92.0 cm³/mol. The van der Waals surface area contributed by atoms with Crippen molar-refractivity contribution in [2.75, 3.05) is 12.4 Å². The molecule has 0 aliphatic rings. The van der Waals surface area contributed by atoms with E-state index >= 15 is 0 Å². The molecule has 134 valence electrons. The van der Waals surface area contributed by atoms with Gasteiger partial charge in [0.2, 0.25) is 0 Å². The number of nitrogens with one attached hydrogen (secondary N) is 1. The molecule has 0 fully saturated rings. The standard InChI is InChI=1S/C19H17FN2O4/c1-12(19(24)22-16-6-4-3-5-14(16)11-21)26-18(23)10-13-7-8-17(25-2)15(20)9-13/h3-9,12H,10H2,1-2H3,(H,22,24)/t12-/m1/s1. The molecule has 2 aromatic rings. The summed E-state index contributed by atoms with van der Waals surface area (Å²) >= 11 is 0. The van der Waals surface area contributed by atoms with Crippen molar-refractivity contribution in [3.05, 3.63) is 59.4 Å². The summed E-state index contributed by atoms with van der Waals surface area (Å²) in [5.74, 6) is -1.75. The summed E-state index contributed by atoms with van der Waals surface area (Å²) in [6.07, 6.45) is -1.26. The number of halogens is 1. The minimum Gasteiger partial charge on any atom is -0.494 e. The SMILES string of the molecule is COc1ccc(CC(=O)O[C@H](C)C(=O)Nc2ccccc2C#N)cc1F. The fourth-order valence-electron chi connectivity index (χ4n) is 2.20. The molecule has 0 heterocycles. The quantitative estimate of drug-likeness (QED) is 0.804. The van der Waals surface area contributed by atoms with Crippen LogP contribution in [-0.4, -0.2) is 25.1 Å². The summed E-state index contributed by atoms with van der Waals surface area (Å²) in [6, 6.07) is 12.6. The van der Waals surface area contributed by atoms with E-state index in [1.165, 1.54) is 32.2 Å². The highest BCUT2D eigenvalue weighted by molar-refractivity contribution is 5.96. The third-order valence-electron chi connectivity index (χ3n) is 3.55. The minimum absolute atomic E-state index is 0.0750. The van der Waals surface area contributed by atoms with E-state index < -0.39 is 23.8 Å². The van der Waals surface area contributed by atoms with Gasteiger partial charge in [-0.15, -0.1) is 0 Å². The van der Waals surface area contributed by atoms with Gasteiger partial charge in [-0.05, 0) is 36.8 Å². The molecule has 0 saturated carbocycles. The monoisotopic (exact) mass is 356 g/mol. The molecular weight excluding hydrogens is 339 g/mol. The third kappa shape index (κ3) is 4.80. The zero-order valence-corrected chi connectivity index (χ0v) is 14.3. The Bertz CT molecular complexity index is 861. The molecule has 0 aliphatic heterocycles. The Hall–Kier alpha value is -3.40. The molecule has 1 N–H and O–H groups in total. The third-order valence-corrected chi connectivity index (χ3v) is 3.55. The van der Waals surface area contributed by atoms with Crippen LogP contribution in [0, 0.1) is 17.1 Å². The van der Waals surface area contributed by atoms with Gasteiger partial charge in [0.05, 0.1) is 24.8 Å². The average molecular weight is 356 g/mol. The van der Waals surface area contributed by atoms with Gasteiger partial charge in [-0.25, -0.2) is 4.39 Å². The van der Waals surface area contributed by atoms with Gasteiger partial charge in [0, 0.05) is 0 Å². The number of hydrogen-bond donors (Lipinski definition) is 1. The van der Waals surface area contributed by atoms with Crippen molar-refractivity contribution in [1.29, 1.82) is 5.26 Å². The van der Waals surface area contributed by atoms with Gasteiger partial charge in [-0.1, -0.05) is 18.2 Å². The number of rotatable bonds is 6. The lowest BCUT2D eigenvalue weighted by Gasteiger charge is -2.14. The molecule has 1 atom stereocenters. The van der Waals surface area contributed by atoms with E-state index in [0.29, 0.717) is 16.8 Å². The summed E-state index contributed by atoms with van der Waals surface area (Å²) < 4.78 is 23.5. The van der Waals surface area contributed by atoms with Crippen LogP contribution in [0.4, 0.5) is 10.1 Å². The maximum Gasteiger partial charge on any atom is 0.311 e. The summed E-state index contributed by atoms with van der Waals surface area (Å²) in [6.45, 7) is 1.41. The van der Waals surface area contributed by atoms with Crippen molar-refractivity contribution in [1.82, 2.24) is 0 Å². The Morgan fingerprint density at radius 2 is 2.00 bits per heavy atom. The van der Waals surface area contributed by atoms with Crippen LogP contribution >= 0.6 is 0 Å². The average Bonchev–Trinajstić information content (AvgIpc) is 2.62. The van der Waals surface area contributed by atoms with E-state index in [4.69, 9.17) is 14.7 Å². The van der Waals surface area contributed by atoms with E-state index in [0.717, 1.165) is 0 Å². The van der Waals surface area contributed by atoms with Crippen LogP contribution in [-0.2, 0) is 20.7 Å². The molecule has 0 aromatic heterocycles. The van der Waals surface area contributed by atoms with Gasteiger partial charge in [0.1, 0.15) is 6.07 Å². The van der Waals surface area contributed by atoms with Gasteiger partial charge in [0.15, 0.2) is 17.7 Å². The zero-order valence-electron chi connectivity index (χ0n) is 14.3. The molecule has 0 radical (unpaired) electrons. The first-order valence-corrected chi connectivity index (χ1v) is 7.76. The van der Waals surface area contributed by atoms with Crippen LogP contribution in [0.1, 0.15) is 18.1 Å². The van der Waals surface area contributed by atoms with Crippen LogP contribution in [0.3, 0.4) is 0 Å². The number of carbonyl (C=O) groups is 2. The molecule has 0 aliphatic carbocycles. The number of esters is 1. The van der Waals surface area contributed by atoms with Crippen LogP contribution < -0.4 is 10.1 Å². The van der Waals surface area contributed by atoms with Gasteiger partial charge in [-0.3, -0.25) is 9.59 Å². The molecule has 0 spiro atoms. The van der Waals surface area contributed by atoms with Crippen molar-refractivity contribution in [2.45, 2.75) is 19.4 Å². The number of para-hydroxylation sites is 1. The number of ether oxygens (including phenoxy) is 2. The van der Waals surface area contributed by atoms with E-state index in [-0.39, 0.29) is 12.2 Å². The van der Waals surface area contributed by atoms with Crippen LogP contribution in [0.2, 0.25) is 0 Å². The lowest BCUT2D eigenvalue weighted by atomic mass is 10.1. The Labute approximate surface area is 150 Å². The number of amides is 1. The summed E-state index contributed by atoms with van der Waals surface area (Å²) in [5, 5.41) is 11.6. The van der Waals surface area contributed by atoms with E-state index in [9.17, 15) is 14.0 Å². The number of methoxy groups -OCH3 is 1. The van der Waals surface area contributed by atoms with E-state index in [1.54, 1.807) is 24.3 Å². The summed E-state index contributed by atoms with van der Waals surface area (Å²) in [4.78, 5) is 24.1. The number of nitriles is 1. The second-order valence-electron chi connectivity index (χ2n) is 5.42. The molecular formula is C19H17FN2O4. The summed E-state index contributed by atoms with van der Waals surface area (Å²) in [5.41, 5.74) is 1.03. The first kappa shape index (κ1) is 18.9. The molecule has 0 unspecified atom stereocenters. The number of carbonyl (C=O) groups excluding carboxylic acids is 2. The van der Waals surface area contributed by atoms with Crippen molar-refractivity contribution in [2.24, 2.45) is 0 Å². The van der Waals surface area contributed by atoms with Gasteiger partial charge >= 0.3 is 5.97 Å². The number of hydrogen-bond acceptors (Lipinski definition) is 5. The first-order valence-electron chi connectivity index (χ1n) is 7.76. The molecule has 1 amide bonds. The fraction of sp³-hybridized carbons (Fsp3) is 0.211. The zero-order chi connectivity index (χ0) is 19.1. The van der Waals surface area contributed by atoms with Crippen LogP contribution in [0.5, 0.6) is 5.75 Å². The van der Waals surface area contributed by atoms with Crippen molar-refractivity contribution in [3.8, 4) is 11.8 Å². The second kappa shape index (κ2) is 8.62. The Balaban J connectivity index is 1.95. The van der Waals surface area contributed by atoms with Gasteiger partial charge in [0.25, 0.3) is 5.91 Å². The Kier molecular flexibility index (Phi) is 6.28. The van der Waals surface area contributed by atoms with Crippen molar-refractivity contribution < 1.29 is 23.5 Å². The lowest BCUT2D eigenvalue weighted by Crippen LogP contribution is -2.30. The van der Waals surface area contributed by atoms with Gasteiger partial charge < -0.3 is 14.8 Å². The first-order chi connectivity index (χ1) is 12.4. The lowest BCUT2D eigenvalue weighted by molar-refractivity contribution is -0.152. The normalized spacial score (nSPS) is 11.2. The largest absolute Gasteiger partial charge is 0.494 e. The summed E-state index contributed by atoms with van der Waals surface area (Å²) in [7, 11) is 1.34. The maximum absolute atomic E-state index is 13.6. The van der Waals surface area contributed by atoms with Gasteiger partial charge in [-0.2, -0.15) is 5.26 Å². The Morgan fingerprint density at radius 1 is 1.27 bits per heavy atom. The Morgan fingerprint density at radius 3 is 2.65 bits per heavy atom. The number of nitrogens with zero attached hydrogens (tertiary/aromatic N) is 1. The van der Waals surface area contributed by atoms with Crippen molar-refractivity contribution in [3.63, 3.8) is 0 Å². The fourth-order valence-corrected chi connectivity index (χ4v) is 2.20. The highest BCUT2D eigenvalue weighted by Gasteiger charge is 2.19. The second-order valence-corrected chi connectivity index (χ2v) is 5.42. The highest BCUT2D eigenvalue weighted by atomic mass is 19.1. The molecule has 0 saturated heterocycles. The minimum atomic E-state index is -1.07. The molecule has 7 heteroatoms. The van der Waals surface area contributed by atoms with Crippen LogP contribution in [0.15, 0.2) is 42.5 Å². The molecule has 2 aromatic carbocycles. The number of benzene rings is 2.